The SMILES string of the molecule is CC(=O)N1CCN(Cc2ccc([C@H](C)Nc3nccc(N4C(=O)CCC4C(C)C)n3)cc2)CC1. The van der Waals surface area contributed by atoms with Crippen molar-refractivity contribution >= 4 is 23.6 Å². The molecule has 1 N–H and O–H groups in total. The van der Waals surface area contributed by atoms with Gasteiger partial charge in [-0.2, -0.15) is 4.98 Å². The number of rotatable bonds is 7. The van der Waals surface area contributed by atoms with Crippen molar-refractivity contribution < 1.29 is 9.59 Å². The van der Waals surface area contributed by atoms with Crippen LogP contribution in [0.2, 0.25) is 0 Å². The summed E-state index contributed by atoms with van der Waals surface area (Å²) in [5.41, 5.74) is 2.41. The molecule has 0 saturated carbocycles. The second kappa shape index (κ2) is 10.5. The van der Waals surface area contributed by atoms with Gasteiger partial charge in [0, 0.05) is 58.3 Å². The average Bonchev–Trinajstić information content (AvgIpc) is 3.22. The molecule has 0 spiro atoms. The lowest BCUT2D eigenvalue weighted by atomic mass is 10.0. The number of benzene rings is 1. The van der Waals surface area contributed by atoms with Crippen LogP contribution in [0.25, 0.3) is 0 Å². The van der Waals surface area contributed by atoms with E-state index < -0.39 is 0 Å². The zero-order valence-corrected chi connectivity index (χ0v) is 20.7. The summed E-state index contributed by atoms with van der Waals surface area (Å²) in [4.78, 5) is 39.2. The molecule has 8 nitrogen and oxygen atoms in total. The van der Waals surface area contributed by atoms with E-state index in [0.717, 1.165) is 44.7 Å². The second-order valence-electron chi connectivity index (χ2n) is 9.74. The van der Waals surface area contributed by atoms with Gasteiger partial charge in [0.05, 0.1) is 6.04 Å². The minimum absolute atomic E-state index is 0.0265. The first kappa shape index (κ1) is 24.1. The molecule has 2 aromatic rings. The molecule has 2 atom stereocenters. The van der Waals surface area contributed by atoms with Crippen molar-refractivity contribution in [2.75, 3.05) is 36.4 Å². The highest BCUT2D eigenvalue weighted by molar-refractivity contribution is 5.95. The van der Waals surface area contributed by atoms with Crippen molar-refractivity contribution in [3.8, 4) is 0 Å². The van der Waals surface area contributed by atoms with E-state index >= 15 is 0 Å². The Morgan fingerprint density at radius 1 is 1.09 bits per heavy atom. The molecule has 1 unspecified atom stereocenters. The fraction of sp³-hybridized carbons (Fsp3) is 0.538. The quantitative estimate of drug-likeness (QED) is 0.676. The number of piperazine rings is 1. The molecule has 8 heteroatoms. The molecule has 2 amide bonds. The molecular formula is C26H36N6O2. The van der Waals surface area contributed by atoms with Crippen LogP contribution in [-0.2, 0) is 16.1 Å². The molecule has 34 heavy (non-hydrogen) atoms. The van der Waals surface area contributed by atoms with Gasteiger partial charge in [-0.25, -0.2) is 4.98 Å². The molecule has 0 bridgehead atoms. The van der Waals surface area contributed by atoms with Crippen LogP contribution in [0.15, 0.2) is 36.5 Å². The zero-order chi connectivity index (χ0) is 24.2. The van der Waals surface area contributed by atoms with Gasteiger partial charge < -0.3 is 10.2 Å². The number of carbonyl (C=O) groups is 2. The van der Waals surface area contributed by atoms with E-state index in [4.69, 9.17) is 0 Å². The largest absolute Gasteiger partial charge is 0.348 e. The normalized spacial score (nSPS) is 20.1. The molecule has 182 valence electrons. The van der Waals surface area contributed by atoms with Crippen LogP contribution in [0.3, 0.4) is 0 Å². The van der Waals surface area contributed by atoms with Gasteiger partial charge in [-0.3, -0.25) is 19.4 Å². The van der Waals surface area contributed by atoms with Crippen LogP contribution in [0.5, 0.6) is 0 Å². The Labute approximate surface area is 202 Å². The molecular weight excluding hydrogens is 428 g/mol. The van der Waals surface area contributed by atoms with Crippen LogP contribution in [0, 0.1) is 5.92 Å². The predicted molar refractivity (Wildman–Crippen MR) is 133 cm³/mol. The minimum atomic E-state index is 0.0265. The minimum Gasteiger partial charge on any atom is -0.348 e. The molecule has 1 aromatic heterocycles. The molecule has 2 aliphatic rings. The first-order valence-corrected chi connectivity index (χ1v) is 12.3. The fourth-order valence-electron chi connectivity index (χ4n) is 4.86. The molecule has 1 aromatic carbocycles. The van der Waals surface area contributed by atoms with Crippen LogP contribution >= 0.6 is 0 Å². The van der Waals surface area contributed by atoms with Crippen LogP contribution in [0.4, 0.5) is 11.8 Å². The van der Waals surface area contributed by atoms with Crippen LogP contribution in [-0.4, -0.2) is 63.8 Å². The number of anilines is 2. The smallest absolute Gasteiger partial charge is 0.228 e. The van der Waals surface area contributed by atoms with Gasteiger partial charge in [0.25, 0.3) is 0 Å². The van der Waals surface area contributed by atoms with Gasteiger partial charge in [-0.05, 0) is 36.5 Å². The number of nitrogens with zero attached hydrogens (tertiary/aromatic N) is 5. The number of nitrogens with one attached hydrogen (secondary N) is 1. The average molecular weight is 465 g/mol. The van der Waals surface area contributed by atoms with Gasteiger partial charge >= 0.3 is 0 Å². The van der Waals surface area contributed by atoms with Crippen LogP contribution in [0.1, 0.15) is 57.7 Å². The second-order valence-corrected chi connectivity index (χ2v) is 9.74. The Bertz CT molecular complexity index is 1000. The van der Waals surface area contributed by atoms with Crippen LogP contribution < -0.4 is 10.2 Å². The summed E-state index contributed by atoms with van der Waals surface area (Å²) in [6.07, 6.45) is 3.17. The number of amides is 2. The Balaban J connectivity index is 1.36. The van der Waals surface area contributed by atoms with Crippen molar-refractivity contribution in [3.63, 3.8) is 0 Å². The summed E-state index contributed by atoms with van der Waals surface area (Å²) in [5.74, 6) is 1.88. The third-order valence-electron chi connectivity index (χ3n) is 6.96. The maximum Gasteiger partial charge on any atom is 0.228 e. The lowest BCUT2D eigenvalue weighted by Crippen LogP contribution is -2.47. The standard InChI is InChI=1S/C26H36N6O2/c1-18(2)23-9-10-25(34)32(23)24-11-12-27-26(29-24)28-19(3)22-7-5-21(6-8-22)17-30-13-15-31(16-14-30)20(4)33/h5-8,11-12,18-19,23H,9-10,13-17H2,1-4H3,(H,27,28,29)/t19-,23?/m0/s1. The zero-order valence-electron chi connectivity index (χ0n) is 20.7. The molecule has 0 radical (unpaired) electrons. The molecule has 3 heterocycles. The van der Waals surface area contributed by atoms with Crippen molar-refractivity contribution in [2.24, 2.45) is 5.92 Å². The molecule has 2 aliphatic heterocycles. The van der Waals surface area contributed by atoms with E-state index in [1.807, 2.05) is 15.9 Å². The van der Waals surface area contributed by atoms with E-state index in [1.165, 1.54) is 5.56 Å². The number of carbonyl (C=O) groups excluding carboxylic acids is 2. The highest BCUT2D eigenvalue weighted by Crippen LogP contribution is 2.30. The van der Waals surface area contributed by atoms with E-state index in [1.54, 1.807) is 13.1 Å². The summed E-state index contributed by atoms with van der Waals surface area (Å²) in [6, 6.07) is 10.6. The Morgan fingerprint density at radius 3 is 2.44 bits per heavy atom. The molecule has 0 aliphatic carbocycles. The highest BCUT2D eigenvalue weighted by atomic mass is 16.2. The van der Waals surface area contributed by atoms with E-state index in [0.29, 0.717) is 24.1 Å². The van der Waals surface area contributed by atoms with Gasteiger partial charge in [-0.1, -0.05) is 38.1 Å². The maximum absolute atomic E-state index is 12.5. The van der Waals surface area contributed by atoms with Crippen molar-refractivity contribution in [2.45, 2.75) is 59.2 Å². The topological polar surface area (TPSA) is 81.7 Å². The Morgan fingerprint density at radius 2 is 1.79 bits per heavy atom. The predicted octanol–water partition coefficient (Wildman–Crippen LogP) is 3.47. The fourth-order valence-corrected chi connectivity index (χ4v) is 4.86. The number of hydrogen-bond acceptors (Lipinski definition) is 6. The van der Waals surface area contributed by atoms with Gasteiger partial charge in [0.1, 0.15) is 5.82 Å². The third-order valence-corrected chi connectivity index (χ3v) is 6.96. The van der Waals surface area contributed by atoms with E-state index in [-0.39, 0.29) is 23.9 Å². The first-order chi connectivity index (χ1) is 16.3. The maximum atomic E-state index is 12.5. The number of aromatic nitrogens is 2. The van der Waals surface area contributed by atoms with Gasteiger partial charge in [0.2, 0.25) is 17.8 Å². The van der Waals surface area contributed by atoms with E-state index in [2.05, 4.69) is 65.2 Å². The monoisotopic (exact) mass is 464 g/mol. The summed E-state index contributed by atoms with van der Waals surface area (Å²) in [6.45, 7) is 12.3. The molecule has 2 saturated heterocycles. The lowest BCUT2D eigenvalue weighted by Gasteiger charge is -2.34. The summed E-state index contributed by atoms with van der Waals surface area (Å²) in [5, 5.41) is 3.39. The van der Waals surface area contributed by atoms with Gasteiger partial charge in [0.15, 0.2) is 0 Å². The van der Waals surface area contributed by atoms with E-state index in [9.17, 15) is 9.59 Å². The highest BCUT2D eigenvalue weighted by Gasteiger charge is 2.35. The Hall–Kier alpha value is -3.00. The lowest BCUT2D eigenvalue weighted by molar-refractivity contribution is -0.130. The first-order valence-electron chi connectivity index (χ1n) is 12.3. The summed E-state index contributed by atoms with van der Waals surface area (Å²) >= 11 is 0. The summed E-state index contributed by atoms with van der Waals surface area (Å²) in [7, 11) is 0. The van der Waals surface area contributed by atoms with Crippen molar-refractivity contribution in [1.82, 2.24) is 19.8 Å². The summed E-state index contributed by atoms with van der Waals surface area (Å²) < 4.78 is 0. The molecule has 2 fully saturated rings. The number of hydrogen-bond donors (Lipinski definition) is 1. The van der Waals surface area contributed by atoms with Gasteiger partial charge in [-0.15, -0.1) is 0 Å². The third kappa shape index (κ3) is 5.55. The van der Waals surface area contributed by atoms with Crippen molar-refractivity contribution in [1.29, 1.82) is 0 Å². The molecule has 4 rings (SSSR count). The van der Waals surface area contributed by atoms with Crippen molar-refractivity contribution in [3.05, 3.63) is 47.7 Å². The Kier molecular flexibility index (Phi) is 7.46.